The second-order valence-electron chi connectivity index (χ2n) is 5.67. The molecule has 3 rings (SSSR count). The van der Waals surface area contributed by atoms with Crippen LogP contribution >= 0.6 is 0 Å². The third kappa shape index (κ3) is 2.63. The van der Waals surface area contributed by atoms with Gasteiger partial charge in [0.1, 0.15) is 0 Å². The first-order chi connectivity index (χ1) is 9.24. The van der Waals surface area contributed by atoms with Gasteiger partial charge in [0.15, 0.2) is 0 Å². The van der Waals surface area contributed by atoms with Gasteiger partial charge in [-0.2, -0.15) is 0 Å². The van der Waals surface area contributed by atoms with Crippen molar-refractivity contribution in [2.45, 2.75) is 44.2 Å². The minimum absolute atomic E-state index is 0.264. The van der Waals surface area contributed by atoms with Crippen LogP contribution in [-0.2, 0) is 11.2 Å². The van der Waals surface area contributed by atoms with Gasteiger partial charge in [-0.3, -0.25) is 9.78 Å². The molecule has 0 radical (unpaired) electrons. The first kappa shape index (κ1) is 12.6. The van der Waals surface area contributed by atoms with Crippen LogP contribution in [0.15, 0.2) is 18.3 Å². The molecular weight excluding hydrogens is 238 g/mol. The topological polar surface area (TPSA) is 45.2 Å². The SMILES string of the molecule is CN1CC(NC2CCCc3cccnc32)CCC1=O. The van der Waals surface area contributed by atoms with Crippen molar-refractivity contribution in [1.29, 1.82) is 0 Å². The van der Waals surface area contributed by atoms with Crippen molar-refractivity contribution >= 4 is 5.91 Å². The standard InChI is InChI=1S/C15H21N3O/c1-18-10-12(7-8-14(18)19)17-13-6-2-4-11-5-3-9-16-15(11)13/h3,5,9,12-13,17H,2,4,6-8,10H2,1H3. The second-order valence-corrected chi connectivity index (χ2v) is 5.67. The Morgan fingerprint density at radius 1 is 1.37 bits per heavy atom. The molecule has 1 aromatic heterocycles. The first-order valence-corrected chi connectivity index (χ1v) is 7.18. The number of pyridine rings is 1. The Hall–Kier alpha value is -1.42. The summed E-state index contributed by atoms with van der Waals surface area (Å²) in [4.78, 5) is 17.9. The van der Waals surface area contributed by atoms with Crippen LogP contribution in [0, 0.1) is 0 Å². The van der Waals surface area contributed by atoms with Gasteiger partial charge in [0.05, 0.1) is 11.7 Å². The molecular formula is C15H21N3O. The lowest BCUT2D eigenvalue weighted by molar-refractivity contribution is -0.132. The molecule has 1 saturated heterocycles. The number of hydrogen-bond donors (Lipinski definition) is 1. The molecule has 0 spiro atoms. The number of rotatable bonds is 2. The van der Waals surface area contributed by atoms with Gasteiger partial charge in [0.2, 0.25) is 5.91 Å². The molecule has 0 bridgehead atoms. The zero-order chi connectivity index (χ0) is 13.2. The lowest BCUT2D eigenvalue weighted by Crippen LogP contribution is -2.48. The highest BCUT2D eigenvalue weighted by molar-refractivity contribution is 5.76. The number of aromatic nitrogens is 1. The normalized spacial score (nSPS) is 27.2. The Bertz CT molecular complexity index is 474. The van der Waals surface area contributed by atoms with E-state index < -0.39 is 0 Å². The average molecular weight is 259 g/mol. The number of carbonyl (C=O) groups is 1. The molecule has 2 heterocycles. The Morgan fingerprint density at radius 2 is 2.26 bits per heavy atom. The molecule has 2 unspecified atom stereocenters. The van der Waals surface area contributed by atoms with Gasteiger partial charge in [0.25, 0.3) is 0 Å². The van der Waals surface area contributed by atoms with Crippen LogP contribution in [0.1, 0.15) is 43.0 Å². The Labute approximate surface area is 114 Å². The summed E-state index contributed by atoms with van der Waals surface area (Å²) in [5, 5.41) is 3.71. The molecule has 1 aromatic rings. The summed E-state index contributed by atoms with van der Waals surface area (Å²) in [6, 6.07) is 4.97. The van der Waals surface area contributed by atoms with E-state index in [2.05, 4.69) is 16.4 Å². The summed E-state index contributed by atoms with van der Waals surface area (Å²) >= 11 is 0. The molecule has 1 amide bonds. The number of likely N-dealkylation sites (tertiary alicyclic amines) is 1. The van der Waals surface area contributed by atoms with Gasteiger partial charge in [-0.25, -0.2) is 0 Å². The maximum absolute atomic E-state index is 11.5. The van der Waals surface area contributed by atoms with E-state index in [1.807, 2.05) is 24.2 Å². The minimum atomic E-state index is 0.264. The molecule has 1 N–H and O–H groups in total. The fourth-order valence-electron chi connectivity index (χ4n) is 3.20. The average Bonchev–Trinajstić information content (AvgIpc) is 2.43. The van der Waals surface area contributed by atoms with Crippen LogP contribution in [0.2, 0.25) is 0 Å². The van der Waals surface area contributed by atoms with Crippen LogP contribution in [0.25, 0.3) is 0 Å². The zero-order valence-corrected chi connectivity index (χ0v) is 11.4. The number of nitrogens with zero attached hydrogens (tertiary/aromatic N) is 2. The molecule has 0 aromatic carbocycles. The Balaban J connectivity index is 1.69. The van der Waals surface area contributed by atoms with Crippen LogP contribution in [0.5, 0.6) is 0 Å². The van der Waals surface area contributed by atoms with Crippen LogP contribution < -0.4 is 5.32 Å². The molecule has 2 aliphatic rings. The smallest absolute Gasteiger partial charge is 0.222 e. The number of carbonyl (C=O) groups excluding carboxylic acids is 1. The number of likely N-dealkylation sites (N-methyl/N-ethyl adjacent to an activating group) is 1. The molecule has 0 saturated carbocycles. The van der Waals surface area contributed by atoms with Crippen molar-refractivity contribution < 1.29 is 4.79 Å². The predicted octanol–water partition coefficient (Wildman–Crippen LogP) is 1.67. The van der Waals surface area contributed by atoms with Gasteiger partial charge in [0, 0.05) is 32.3 Å². The largest absolute Gasteiger partial charge is 0.344 e. The second kappa shape index (κ2) is 5.29. The summed E-state index contributed by atoms with van der Waals surface area (Å²) < 4.78 is 0. The van der Waals surface area contributed by atoms with E-state index in [0.717, 1.165) is 25.8 Å². The summed E-state index contributed by atoms with van der Waals surface area (Å²) in [6.07, 6.45) is 7.01. The monoisotopic (exact) mass is 259 g/mol. The van der Waals surface area contributed by atoms with E-state index in [-0.39, 0.29) is 5.91 Å². The third-order valence-corrected chi connectivity index (χ3v) is 4.26. The molecule has 1 aliphatic heterocycles. The van der Waals surface area contributed by atoms with E-state index in [0.29, 0.717) is 18.5 Å². The van der Waals surface area contributed by atoms with Gasteiger partial charge in [-0.1, -0.05) is 6.07 Å². The minimum Gasteiger partial charge on any atom is -0.344 e. The van der Waals surface area contributed by atoms with Crippen molar-refractivity contribution in [2.75, 3.05) is 13.6 Å². The molecule has 19 heavy (non-hydrogen) atoms. The van der Waals surface area contributed by atoms with Crippen LogP contribution in [-0.4, -0.2) is 35.4 Å². The number of nitrogens with one attached hydrogen (secondary N) is 1. The quantitative estimate of drug-likeness (QED) is 0.878. The van der Waals surface area contributed by atoms with E-state index in [4.69, 9.17) is 0 Å². The number of piperidine rings is 1. The van der Waals surface area contributed by atoms with Crippen molar-refractivity contribution in [3.8, 4) is 0 Å². The van der Waals surface area contributed by atoms with Crippen molar-refractivity contribution in [1.82, 2.24) is 15.2 Å². The Kier molecular flexibility index (Phi) is 3.51. The van der Waals surface area contributed by atoms with Crippen molar-refractivity contribution in [2.24, 2.45) is 0 Å². The fraction of sp³-hybridized carbons (Fsp3) is 0.600. The van der Waals surface area contributed by atoms with Gasteiger partial charge < -0.3 is 10.2 Å². The predicted molar refractivity (Wildman–Crippen MR) is 73.7 cm³/mol. The van der Waals surface area contributed by atoms with E-state index in [1.54, 1.807) is 0 Å². The number of hydrogen-bond acceptors (Lipinski definition) is 3. The van der Waals surface area contributed by atoms with Gasteiger partial charge in [-0.05, 0) is 37.3 Å². The summed E-state index contributed by atoms with van der Waals surface area (Å²) in [6.45, 7) is 0.817. The van der Waals surface area contributed by atoms with E-state index in [9.17, 15) is 4.79 Å². The maximum Gasteiger partial charge on any atom is 0.222 e. The third-order valence-electron chi connectivity index (χ3n) is 4.26. The highest BCUT2D eigenvalue weighted by Crippen LogP contribution is 2.28. The highest BCUT2D eigenvalue weighted by Gasteiger charge is 2.27. The van der Waals surface area contributed by atoms with E-state index >= 15 is 0 Å². The van der Waals surface area contributed by atoms with Crippen molar-refractivity contribution in [3.05, 3.63) is 29.6 Å². The summed E-state index contributed by atoms with van der Waals surface area (Å²) in [5.74, 6) is 0.264. The molecule has 2 atom stereocenters. The van der Waals surface area contributed by atoms with Gasteiger partial charge in [-0.15, -0.1) is 0 Å². The first-order valence-electron chi connectivity index (χ1n) is 7.18. The zero-order valence-electron chi connectivity index (χ0n) is 11.4. The molecule has 4 nitrogen and oxygen atoms in total. The number of fused-ring (bicyclic) bond motifs is 1. The fourth-order valence-corrected chi connectivity index (χ4v) is 3.20. The lowest BCUT2D eigenvalue weighted by Gasteiger charge is -2.34. The van der Waals surface area contributed by atoms with Crippen molar-refractivity contribution in [3.63, 3.8) is 0 Å². The Morgan fingerprint density at radius 3 is 3.11 bits per heavy atom. The number of amides is 1. The highest BCUT2D eigenvalue weighted by atomic mass is 16.2. The molecule has 4 heteroatoms. The lowest BCUT2D eigenvalue weighted by atomic mass is 9.90. The summed E-state index contributed by atoms with van der Waals surface area (Å²) in [7, 11) is 1.89. The number of aryl methyl sites for hydroxylation is 1. The van der Waals surface area contributed by atoms with Gasteiger partial charge >= 0.3 is 0 Å². The van der Waals surface area contributed by atoms with Crippen LogP contribution in [0.3, 0.4) is 0 Å². The van der Waals surface area contributed by atoms with E-state index in [1.165, 1.54) is 17.7 Å². The molecule has 102 valence electrons. The summed E-state index contributed by atoms with van der Waals surface area (Å²) in [5.41, 5.74) is 2.60. The maximum atomic E-state index is 11.5. The molecule has 1 aliphatic carbocycles. The van der Waals surface area contributed by atoms with Crippen LogP contribution in [0.4, 0.5) is 0 Å². The molecule has 1 fully saturated rings.